The Balaban J connectivity index is 2.26. The molecule has 1 heterocycles. The molecule has 1 atom stereocenters. The molecule has 1 nitrogen and oxygen atoms in total. The highest BCUT2D eigenvalue weighted by Crippen LogP contribution is 2.33. The minimum Gasteiger partial charge on any atom is -0.308 e. The number of alkyl halides is 2. The van der Waals surface area contributed by atoms with Crippen LogP contribution in [0.15, 0.2) is 0 Å². The Bertz CT molecular complexity index is 162. The van der Waals surface area contributed by atoms with Crippen molar-refractivity contribution in [2.75, 3.05) is 18.1 Å². The molecule has 0 bridgehead atoms. The van der Waals surface area contributed by atoms with Crippen molar-refractivity contribution >= 4 is 11.8 Å². The van der Waals surface area contributed by atoms with Gasteiger partial charge in [0.15, 0.2) is 0 Å². The summed E-state index contributed by atoms with van der Waals surface area (Å²) in [7, 11) is 0. The van der Waals surface area contributed by atoms with E-state index in [0.717, 1.165) is 17.9 Å². The van der Waals surface area contributed by atoms with Crippen LogP contribution in [0.2, 0.25) is 0 Å². The van der Waals surface area contributed by atoms with Crippen molar-refractivity contribution in [2.45, 2.75) is 32.7 Å². The molecule has 1 aliphatic rings. The third-order valence-corrected chi connectivity index (χ3v) is 3.80. The molecule has 0 saturated carbocycles. The van der Waals surface area contributed by atoms with Crippen molar-refractivity contribution < 1.29 is 8.78 Å². The van der Waals surface area contributed by atoms with Crippen LogP contribution in [0, 0.1) is 5.41 Å². The van der Waals surface area contributed by atoms with E-state index in [4.69, 9.17) is 0 Å². The zero-order valence-corrected chi connectivity index (χ0v) is 8.96. The van der Waals surface area contributed by atoms with Crippen LogP contribution in [0.5, 0.6) is 0 Å². The van der Waals surface area contributed by atoms with Crippen LogP contribution < -0.4 is 5.32 Å². The average molecular weight is 209 g/mol. The minimum atomic E-state index is -2.23. The topological polar surface area (TPSA) is 12.0 Å². The Kier molecular flexibility index (Phi) is 3.98. The normalized spacial score (nSPS) is 27.9. The van der Waals surface area contributed by atoms with Gasteiger partial charge < -0.3 is 5.32 Å². The van der Waals surface area contributed by atoms with Gasteiger partial charge in [-0.1, -0.05) is 13.8 Å². The molecule has 4 heteroatoms. The van der Waals surface area contributed by atoms with Gasteiger partial charge in [-0.25, -0.2) is 8.78 Å². The SMILES string of the molecule is CC1(C)CSCC(NCC(F)F)C1. The number of halogens is 2. The van der Waals surface area contributed by atoms with Gasteiger partial charge in [0.05, 0.1) is 6.54 Å². The lowest BCUT2D eigenvalue weighted by molar-refractivity contribution is 0.138. The first-order valence-electron chi connectivity index (χ1n) is 4.59. The van der Waals surface area contributed by atoms with E-state index in [1.165, 1.54) is 0 Å². The van der Waals surface area contributed by atoms with E-state index in [9.17, 15) is 8.78 Å². The predicted octanol–water partition coefficient (Wildman–Crippen LogP) is 2.37. The first-order chi connectivity index (χ1) is 5.99. The Morgan fingerprint density at radius 1 is 1.54 bits per heavy atom. The highest BCUT2D eigenvalue weighted by atomic mass is 32.2. The fourth-order valence-corrected chi connectivity index (χ4v) is 2.96. The van der Waals surface area contributed by atoms with E-state index in [0.29, 0.717) is 5.41 Å². The van der Waals surface area contributed by atoms with Crippen LogP contribution in [0.3, 0.4) is 0 Å². The maximum Gasteiger partial charge on any atom is 0.250 e. The molecule has 1 N–H and O–H groups in total. The smallest absolute Gasteiger partial charge is 0.250 e. The van der Waals surface area contributed by atoms with Gasteiger partial charge in [0, 0.05) is 11.8 Å². The van der Waals surface area contributed by atoms with Crippen LogP contribution >= 0.6 is 11.8 Å². The molecule has 0 aromatic rings. The lowest BCUT2D eigenvalue weighted by Gasteiger charge is -2.35. The van der Waals surface area contributed by atoms with E-state index < -0.39 is 6.43 Å². The third kappa shape index (κ3) is 4.27. The molecule has 78 valence electrons. The summed E-state index contributed by atoms with van der Waals surface area (Å²) in [6.45, 7) is 4.22. The molecule has 0 aromatic heterocycles. The Morgan fingerprint density at radius 2 is 2.23 bits per heavy atom. The molecular formula is C9H17F2NS. The number of hydrogen-bond acceptors (Lipinski definition) is 2. The molecular weight excluding hydrogens is 192 g/mol. The van der Waals surface area contributed by atoms with Gasteiger partial charge in [-0.15, -0.1) is 0 Å². The summed E-state index contributed by atoms with van der Waals surface area (Å²) >= 11 is 1.85. The molecule has 1 unspecified atom stereocenters. The number of rotatable bonds is 3. The second-order valence-corrected chi connectivity index (χ2v) is 5.41. The molecule has 0 aliphatic carbocycles. The van der Waals surface area contributed by atoms with Crippen LogP contribution in [-0.4, -0.2) is 30.5 Å². The van der Waals surface area contributed by atoms with Gasteiger partial charge in [0.1, 0.15) is 0 Å². The zero-order valence-electron chi connectivity index (χ0n) is 8.15. The van der Waals surface area contributed by atoms with E-state index in [2.05, 4.69) is 19.2 Å². The van der Waals surface area contributed by atoms with Crippen LogP contribution in [0.1, 0.15) is 20.3 Å². The van der Waals surface area contributed by atoms with Crippen LogP contribution in [0.25, 0.3) is 0 Å². The van der Waals surface area contributed by atoms with Crippen LogP contribution in [0.4, 0.5) is 8.78 Å². The lowest BCUT2D eigenvalue weighted by atomic mass is 9.88. The van der Waals surface area contributed by atoms with Crippen molar-refractivity contribution in [1.82, 2.24) is 5.32 Å². The monoisotopic (exact) mass is 209 g/mol. The lowest BCUT2D eigenvalue weighted by Crippen LogP contribution is -2.42. The minimum absolute atomic E-state index is 0.165. The Hall–Kier alpha value is 0.170. The first-order valence-corrected chi connectivity index (χ1v) is 5.74. The van der Waals surface area contributed by atoms with Crippen molar-refractivity contribution in [1.29, 1.82) is 0 Å². The number of nitrogens with one attached hydrogen (secondary N) is 1. The standard InChI is InChI=1S/C9H17F2NS/c1-9(2)3-7(5-13-6-9)12-4-8(10)11/h7-8,12H,3-6H2,1-2H3. The fourth-order valence-electron chi connectivity index (χ4n) is 1.65. The molecule has 0 amide bonds. The summed E-state index contributed by atoms with van der Waals surface area (Å²) in [5.74, 6) is 2.11. The summed E-state index contributed by atoms with van der Waals surface area (Å²) in [6, 6.07) is 0.266. The van der Waals surface area contributed by atoms with E-state index in [1.54, 1.807) is 0 Å². The van der Waals surface area contributed by atoms with Crippen molar-refractivity contribution in [2.24, 2.45) is 5.41 Å². The van der Waals surface area contributed by atoms with Gasteiger partial charge in [-0.2, -0.15) is 11.8 Å². The summed E-state index contributed by atoms with van der Waals surface area (Å²) < 4.78 is 23.8. The fraction of sp³-hybridized carbons (Fsp3) is 1.00. The van der Waals surface area contributed by atoms with Crippen LogP contribution in [-0.2, 0) is 0 Å². The molecule has 1 rings (SSSR count). The van der Waals surface area contributed by atoms with E-state index in [1.807, 2.05) is 11.8 Å². The zero-order chi connectivity index (χ0) is 9.90. The highest BCUT2D eigenvalue weighted by Gasteiger charge is 2.28. The van der Waals surface area contributed by atoms with Gasteiger partial charge >= 0.3 is 0 Å². The molecule has 1 fully saturated rings. The predicted molar refractivity (Wildman–Crippen MR) is 53.5 cm³/mol. The van der Waals surface area contributed by atoms with Crippen molar-refractivity contribution in [3.05, 3.63) is 0 Å². The van der Waals surface area contributed by atoms with E-state index in [-0.39, 0.29) is 12.6 Å². The second kappa shape index (κ2) is 4.60. The largest absolute Gasteiger partial charge is 0.308 e. The van der Waals surface area contributed by atoms with Gasteiger partial charge in [-0.3, -0.25) is 0 Å². The number of hydrogen-bond donors (Lipinski definition) is 1. The van der Waals surface area contributed by atoms with Crippen molar-refractivity contribution in [3.8, 4) is 0 Å². The highest BCUT2D eigenvalue weighted by molar-refractivity contribution is 7.99. The third-order valence-electron chi connectivity index (χ3n) is 2.17. The van der Waals surface area contributed by atoms with E-state index >= 15 is 0 Å². The summed E-state index contributed by atoms with van der Waals surface area (Å²) in [5.41, 5.74) is 0.294. The summed E-state index contributed by atoms with van der Waals surface area (Å²) in [4.78, 5) is 0. The molecule has 0 aromatic carbocycles. The molecule has 0 spiro atoms. The Labute approximate surface area is 82.7 Å². The van der Waals surface area contributed by atoms with Gasteiger partial charge in [-0.05, 0) is 17.6 Å². The summed E-state index contributed by atoms with van der Waals surface area (Å²) in [6.07, 6.45) is -1.22. The molecule has 1 saturated heterocycles. The quantitative estimate of drug-likeness (QED) is 0.766. The first kappa shape index (κ1) is 11.2. The van der Waals surface area contributed by atoms with Crippen molar-refractivity contribution in [3.63, 3.8) is 0 Å². The second-order valence-electron chi connectivity index (χ2n) is 4.38. The average Bonchev–Trinajstić information content (AvgIpc) is 1.99. The maximum atomic E-state index is 11.9. The maximum absolute atomic E-state index is 11.9. The Morgan fingerprint density at radius 3 is 2.77 bits per heavy atom. The van der Waals surface area contributed by atoms with Gasteiger partial charge in [0.2, 0.25) is 0 Å². The molecule has 0 radical (unpaired) electrons. The summed E-state index contributed by atoms with van der Waals surface area (Å²) in [5, 5.41) is 2.91. The van der Waals surface area contributed by atoms with Gasteiger partial charge in [0.25, 0.3) is 6.43 Å². The number of thioether (sulfide) groups is 1. The molecule has 13 heavy (non-hydrogen) atoms. The molecule has 1 aliphatic heterocycles.